The summed E-state index contributed by atoms with van der Waals surface area (Å²) in [6, 6.07) is 8.26. The van der Waals surface area contributed by atoms with E-state index in [0.29, 0.717) is 0 Å². The van der Waals surface area contributed by atoms with Crippen LogP contribution < -0.4 is 4.90 Å². The molecule has 0 saturated carbocycles. The molecule has 0 aromatic heterocycles. The Kier molecular flexibility index (Phi) is 3.92. The highest BCUT2D eigenvalue weighted by Gasteiger charge is 2.26. The number of thioether (sulfide) groups is 1. The summed E-state index contributed by atoms with van der Waals surface area (Å²) in [5.41, 5.74) is 2.39. The molecule has 0 N–H and O–H groups in total. The number of benzene rings is 1. The van der Waals surface area contributed by atoms with E-state index in [9.17, 15) is 4.79 Å². The summed E-state index contributed by atoms with van der Waals surface area (Å²) in [6.07, 6.45) is 4.76. The second-order valence-electron chi connectivity index (χ2n) is 4.13. The van der Waals surface area contributed by atoms with E-state index >= 15 is 0 Å². The molecular weight excluding hydrogens is 242 g/mol. The van der Waals surface area contributed by atoms with Gasteiger partial charge in [0.1, 0.15) is 0 Å². The minimum Gasteiger partial charge on any atom is -0.307 e. The van der Waals surface area contributed by atoms with Crippen molar-refractivity contribution in [3.8, 4) is 0 Å². The summed E-state index contributed by atoms with van der Waals surface area (Å²) in [7, 11) is 0. The fourth-order valence-corrected chi connectivity index (χ4v) is 3.23. The highest BCUT2D eigenvalue weighted by Crippen LogP contribution is 2.48. The van der Waals surface area contributed by atoms with Crippen molar-refractivity contribution in [2.75, 3.05) is 4.90 Å². The molecule has 1 aliphatic heterocycles. The average molecular weight is 259 g/mol. The molecule has 0 fully saturated rings. The van der Waals surface area contributed by atoms with Crippen molar-refractivity contribution in [3.63, 3.8) is 0 Å². The highest BCUT2D eigenvalue weighted by atomic mass is 32.2. The minimum absolute atomic E-state index is 0.0851. The zero-order valence-electron chi connectivity index (χ0n) is 10.9. The molecule has 0 unspecified atom stereocenters. The van der Waals surface area contributed by atoms with Gasteiger partial charge in [-0.25, -0.2) is 0 Å². The molecule has 2 rings (SSSR count). The molecule has 0 bridgehead atoms. The summed E-state index contributed by atoms with van der Waals surface area (Å²) >= 11 is 1.66. The van der Waals surface area contributed by atoms with Gasteiger partial charge in [-0.3, -0.25) is 4.79 Å². The molecular formula is C15H17NOS. The largest absolute Gasteiger partial charge is 0.307 e. The van der Waals surface area contributed by atoms with Crippen LogP contribution in [-0.4, -0.2) is 5.78 Å². The van der Waals surface area contributed by atoms with Crippen LogP contribution >= 0.6 is 11.8 Å². The van der Waals surface area contributed by atoms with Crippen molar-refractivity contribution in [3.05, 3.63) is 47.1 Å². The predicted molar refractivity (Wildman–Crippen MR) is 77.6 cm³/mol. The van der Waals surface area contributed by atoms with E-state index in [1.54, 1.807) is 24.8 Å². The van der Waals surface area contributed by atoms with Gasteiger partial charge in [0, 0.05) is 16.7 Å². The van der Waals surface area contributed by atoms with Gasteiger partial charge in [-0.1, -0.05) is 36.9 Å². The molecule has 1 heterocycles. The number of hydrogen-bond donors (Lipinski definition) is 0. The van der Waals surface area contributed by atoms with Crippen LogP contribution in [0.25, 0.3) is 0 Å². The number of nitrogens with zero attached hydrogens (tertiary/aromatic N) is 1. The Labute approximate surface area is 112 Å². The Morgan fingerprint density at radius 3 is 2.72 bits per heavy atom. The molecule has 3 heteroatoms. The molecule has 0 spiro atoms. The third kappa shape index (κ3) is 2.36. The van der Waals surface area contributed by atoms with Crippen LogP contribution in [0.2, 0.25) is 0 Å². The van der Waals surface area contributed by atoms with Gasteiger partial charge in [0.25, 0.3) is 0 Å². The Morgan fingerprint density at radius 1 is 1.39 bits per heavy atom. The molecule has 1 aromatic carbocycles. The second kappa shape index (κ2) is 5.44. The lowest BCUT2D eigenvalue weighted by Crippen LogP contribution is -2.17. The van der Waals surface area contributed by atoms with Crippen LogP contribution in [-0.2, 0) is 4.79 Å². The highest BCUT2D eigenvalue weighted by molar-refractivity contribution is 8.03. The fourth-order valence-electron chi connectivity index (χ4n) is 2.06. The Balaban J connectivity index is 2.51. The van der Waals surface area contributed by atoms with E-state index in [1.807, 2.05) is 19.1 Å². The molecule has 0 radical (unpaired) electrons. The smallest absolute Gasteiger partial charge is 0.155 e. The lowest BCUT2D eigenvalue weighted by molar-refractivity contribution is -0.112. The van der Waals surface area contributed by atoms with Gasteiger partial charge in [0.05, 0.1) is 10.7 Å². The van der Waals surface area contributed by atoms with Crippen molar-refractivity contribution in [1.29, 1.82) is 0 Å². The first kappa shape index (κ1) is 13.0. The number of rotatable bonds is 3. The SMILES string of the molecule is C/C=C(/CC)N1/C(=C/C(C)=O)Sc2ccccc21. The molecule has 0 atom stereocenters. The van der Waals surface area contributed by atoms with E-state index < -0.39 is 0 Å². The number of carbonyl (C=O) groups excluding carboxylic acids is 1. The van der Waals surface area contributed by atoms with Crippen LogP contribution in [0.4, 0.5) is 5.69 Å². The van der Waals surface area contributed by atoms with Crippen LogP contribution in [0.15, 0.2) is 52.0 Å². The number of fused-ring (bicyclic) bond motifs is 1. The van der Waals surface area contributed by atoms with Crippen molar-refractivity contribution in [1.82, 2.24) is 0 Å². The molecule has 1 aromatic rings. The van der Waals surface area contributed by atoms with Gasteiger partial charge in [0.15, 0.2) is 5.78 Å². The fraction of sp³-hybridized carbons (Fsp3) is 0.267. The quantitative estimate of drug-likeness (QED) is 0.753. The molecule has 0 amide bonds. The number of anilines is 1. The first-order valence-corrected chi connectivity index (χ1v) is 6.93. The normalized spacial score (nSPS) is 17.2. The van der Waals surface area contributed by atoms with Crippen molar-refractivity contribution in [2.45, 2.75) is 32.1 Å². The number of para-hydroxylation sites is 1. The molecule has 0 saturated heterocycles. The Bertz CT molecular complexity index is 531. The van der Waals surface area contributed by atoms with Crippen molar-refractivity contribution < 1.29 is 4.79 Å². The third-order valence-electron chi connectivity index (χ3n) is 2.85. The number of allylic oxidation sites excluding steroid dienone is 3. The lowest BCUT2D eigenvalue weighted by atomic mass is 10.2. The maximum absolute atomic E-state index is 11.4. The number of ketones is 1. The monoisotopic (exact) mass is 259 g/mol. The topological polar surface area (TPSA) is 20.3 Å². The van der Waals surface area contributed by atoms with Gasteiger partial charge in [-0.15, -0.1) is 0 Å². The van der Waals surface area contributed by atoms with Crippen LogP contribution in [0.1, 0.15) is 27.2 Å². The van der Waals surface area contributed by atoms with Crippen LogP contribution in [0.3, 0.4) is 0 Å². The molecule has 0 aliphatic carbocycles. The Morgan fingerprint density at radius 2 is 2.11 bits per heavy atom. The zero-order valence-corrected chi connectivity index (χ0v) is 11.8. The summed E-state index contributed by atoms with van der Waals surface area (Å²) in [5, 5.41) is 0.999. The van der Waals surface area contributed by atoms with Crippen molar-refractivity contribution in [2.24, 2.45) is 0 Å². The first-order chi connectivity index (χ1) is 8.67. The third-order valence-corrected chi connectivity index (χ3v) is 3.93. The molecule has 94 valence electrons. The van der Waals surface area contributed by atoms with E-state index in [0.717, 1.165) is 11.4 Å². The average Bonchev–Trinajstić information content (AvgIpc) is 2.69. The van der Waals surface area contributed by atoms with Crippen LogP contribution in [0.5, 0.6) is 0 Å². The standard InChI is InChI=1S/C15H17NOS/c1-4-12(5-2)16-13-8-6-7-9-14(13)18-15(16)10-11(3)17/h4,6-10H,5H2,1-3H3/b12-4-,15-10-. The van der Waals surface area contributed by atoms with Gasteiger partial charge in [0.2, 0.25) is 0 Å². The van der Waals surface area contributed by atoms with Gasteiger partial charge < -0.3 is 4.90 Å². The summed E-state index contributed by atoms with van der Waals surface area (Å²) in [5.74, 6) is 0.0851. The molecule has 1 aliphatic rings. The number of carbonyl (C=O) groups is 1. The van der Waals surface area contributed by atoms with E-state index in [-0.39, 0.29) is 5.78 Å². The van der Waals surface area contributed by atoms with Gasteiger partial charge in [-0.2, -0.15) is 0 Å². The summed E-state index contributed by atoms with van der Waals surface area (Å²) in [6.45, 7) is 5.76. The lowest BCUT2D eigenvalue weighted by Gasteiger charge is -2.22. The van der Waals surface area contributed by atoms with E-state index in [4.69, 9.17) is 0 Å². The summed E-state index contributed by atoms with van der Waals surface area (Å²) in [4.78, 5) is 14.7. The maximum Gasteiger partial charge on any atom is 0.155 e. The van der Waals surface area contributed by atoms with Gasteiger partial charge in [-0.05, 0) is 32.4 Å². The van der Waals surface area contributed by atoms with E-state index in [1.165, 1.54) is 16.3 Å². The van der Waals surface area contributed by atoms with Crippen molar-refractivity contribution >= 4 is 23.2 Å². The first-order valence-electron chi connectivity index (χ1n) is 6.11. The van der Waals surface area contributed by atoms with Gasteiger partial charge >= 0.3 is 0 Å². The predicted octanol–water partition coefficient (Wildman–Crippen LogP) is 4.34. The second-order valence-corrected chi connectivity index (χ2v) is 5.19. The molecule has 18 heavy (non-hydrogen) atoms. The summed E-state index contributed by atoms with van der Waals surface area (Å²) < 4.78 is 0. The number of hydrogen-bond acceptors (Lipinski definition) is 3. The van der Waals surface area contributed by atoms with Crippen LogP contribution in [0, 0.1) is 0 Å². The molecule has 2 nitrogen and oxygen atoms in total. The Hall–Kier alpha value is -1.48. The van der Waals surface area contributed by atoms with E-state index in [2.05, 4.69) is 30.0 Å². The minimum atomic E-state index is 0.0851. The zero-order chi connectivity index (χ0) is 13.1. The maximum atomic E-state index is 11.4.